The van der Waals surface area contributed by atoms with E-state index in [0.29, 0.717) is 5.41 Å². The van der Waals surface area contributed by atoms with Crippen LogP contribution >= 0.6 is 0 Å². The maximum absolute atomic E-state index is 8.40. The van der Waals surface area contributed by atoms with E-state index >= 15 is 0 Å². The van der Waals surface area contributed by atoms with E-state index in [2.05, 4.69) is 26.1 Å². The van der Waals surface area contributed by atoms with Crippen molar-refractivity contribution in [3.8, 4) is 6.19 Å². The van der Waals surface area contributed by atoms with Crippen LogP contribution in [0.4, 0.5) is 0 Å². The van der Waals surface area contributed by atoms with E-state index in [1.165, 1.54) is 25.7 Å². The number of hydrogen-bond donors (Lipinski definition) is 1. The smallest absolute Gasteiger partial charge is 0.176 e. The third-order valence-electron chi connectivity index (χ3n) is 2.30. The molecule has 12 heavy (non-hydrogen) atoms. The van der Waals surface area contributed by atoms with Crippen molar-refractivity contribution in [2.75, 3.05) is 6.54 Å². The highest BCUT2D eigenvalue weighted by Gasteiger charge is 2.21. The molecule has 0 amide bonds. The first-order valence-corrected chi connectivity index (χ1v) is 4.80. The summed E-state index contributed by atoms with van der Waals surface area (Å²) < 4.78 is 0. The molecule has 0 aromatic heterocycles. The van der Waals surface area contributed by atoms with Gasteiger partial charge < -0.3 is 5.32 Å². The second-order valence-corrected chi connectivity index (χ2v) is 3.78. The summed E-state index contributed by atoms with van der Waals surface area (Å²) in [6.07, 6.45) is 6.79. The van der Waals surface area contributed by atoms with E-state index in [-0.39, 0.29) is 0 Å². The van der Waals surface area contributed by atoms with Gasteiger partial charge in [-0.1, -0.05) is 33.6 Å². The summed E-state index contributed by atoms with van der Waals surface area (Å²) in [7, 11) is 0. The number of hydrogen-bond acceptors (Lipinski definition) is 2. The summed E-state index contributed by atoms with van der Waals surface area (Å²) in [6.45, 7) is 7.47. The summed E-state index contributed by atoms with van der Waals surface area (Å²) >= 11 is 0. The van der Waals surface area contributed by atoms with Gasteiger partial charge in [-0.2, -0.15) is 5.26 Å². The molecular formula is C10H20N2. The van der Waals surface area contributed by atoms with Crippen LogP contribution in [0.1, 0.15) is 46.5 Å². The molecule has 1 N–H and O–H groups in total. The molecule has 2 nitrogen and oxygen atoms in total. The Hall–Kier alpha value is -0.710. The van der Waals surface area contributed by atoms with Crippen molar-refractivity contribution in [1.29, 1.82) is 5.26 Å². The van der Waals surface area contributed by atoms with E-state index in [1.807, 2.05) is 6.19 Å². The van der Waals surface area contributed by atoms with Crippen LogP contribution in [-0.4, -0.2) is 6.54 Å². The predicted octanol–water partition coefficient (Wildman–Crippen LogP) is 2.66. The maximum atomic E-state index is 8.40. The largest absolute Gasteiger partial charge is 0.323 e. The van der Waals surface area contributed by atoms with Crippen LogP contribution in [0.3, 0.4) is 0 Å². The molecule has 0 aliphatic carbocycles. The first kappa shape index (κ1) is 11.3. The highest BCUT2D eigenvalue weighted by Crippen LogP contribution is 2.27. The highest BCUT2D eigenvalue weighted by molar-refractivity contribution is 4.79. The number of nitrogens with one attached hydrogen (secondary N) is 1. The van der Waals surface area contributed by atoms with E-state index in [4.69, 9.17) is 5.26 Å². The summed E-state index contributed by atoms with van der Waals surface area (Å²) in [5, 5.41) is 11.2. The molecule has 0 atom stereocenters. The third-order valence-corrected chi connectivity index (χ3v) is 2.30. The summed E-state index contributed by atoms with van der Waals surface area (Å²) in [4.78, 5) is 0. The zero-order valence-electron chi connectivity index (χ0n) is 8.48. The molecule has 0 aliphatic heterocycles. The van der Waals surface area contributed by atoms with Gasteiger partial charge in [-0.25, -0.2) is 0 Å². The Morgan fingerprint density at radius 2 is 1.75 bits per heavy atom. The molecule has 0 aromatic carbocycles. The van der Waals surface area contributed by atoms with E-state index < -0.39 is 0 Å². The minimum absolute atomic E-state index is 0.319. The Kier molecular flexibility index (Phi) is 5.53. The van der Waals surface area contributed by atoms with Gasteiger partial charge in [0.25, 0.3) is 0 Å². The molecular weight excluding hydrogens is 148 g/mol. The molecule has 0 bridgehead atoms. The monoisotopic (exact) mass is 168 g/mol. The van der Waals surface area contributed by atoms with Crippen LogP contribution < -0.4 is 5.32 Å². The predicted molar refractivity (Wildman–Crippen MR) is 51.5 cm³/mol. The molecule has 0 aliphatic rings. The molecule has 0 rings (SSSR count). The van der Waals surface area contributed by atoms with Gasteiger partial charge in [-0.05, 0) is 18.3 Å². The van der Waals surface area contributed by atoms with Gasteiger partial charge in [0.1, 0.15) is 0 Å². The molecule has 2 heteroatoms. The van der Waals surface area contributed by atoms with Crippen LogP contribution in [0.15, 0.2) is 0 Å². The van der Waals surface area contributed by atoms with Crippen LogP contribution in [0.25, 0.3) is 0 Å². The second-order valence-electron chi connectivity index (χ2n) is 3.78. The van der Waals surface area contributed by atoms with E-state index in [1.54, 1.807) is 0 Å². The Bertz CT molecular complexity index is 140. The first-order valence-electron chi connectivity index (χ1n) is 4.80. The summed E-state index contributed by atoms with van der Waals surface area (Å²) in [5.41, 5.74) is 0.319. The Balaban J connectivity index is 3.90. The van der Waals surface area contributed by atoms with Gasteiger partial charge in [-0.15, -0.1) is 0 Å². The number of nitriles is 1. The van der Waals surface area contributed by atoms with Crippen molar-refractivity contribution in [3.63, 3.8) is 0 Å². The van der Waals surface area contributed by atoms with Crippen LogP contribution in [0, 0.1) is 16.9 Å². The van der Waals surface area contributed by atoms with E-state index in [0.717, 1.165) is 6.54 Å². The van der Waals surface area contributed by atoms with Crippen molar-refractivity contribution >= 4 is 0 Å². The zero-order valence-corrected chi connectivity index (χ0v) is 8.48. The lowest BCUT2D eigenvalue weighted by Crippen LogP contribution is -2.29. The summed E-state index contributed by atoms with van der Waals surface area (Å²) in [5.74, 6) is 0. The quantitative estimate of drug-likeness (QED) is 0.489. The fourth-order valence-corrected chi connectivity index (χ4v) is 1.76. The van der Waals surface area contributed by atoms with Crippen molar-refractivity contribution in [2.45, 2.75) is 46.5 Å². The Labute approximate surface area is 76.0 Å². The minimum Gasteiger partial charge on any atom is -0.323 e. The van der Waals surface area contributed by atoms with Crippen molar-refractivity contribution in [3.05, 3.63) is 0 Å². The van der Waals surface area contributed by atoms with Crippen LogP contribution in [-0.2, 0) is 0 Å². The lowest BCUT2D eigenvalue weighted by atomic mass is 9.81. The zero-order chi connectivity index (χ0) is 9.45. The van der Waals surface area contributed by atoms with Crippen LogP contribution in [0.5, 0.6) is 0 Å². The lowest BCUT2D eigenvalue weighted by molar-refractivity contribution is 0.264. The normalized spacial score (nSPS) is 10.8. The SMILES string of the molecule is CCCC(C)(CCC)CNC#N. The van der Waals surface area contributed by atoms with Crippen molar-refractivity contribution < 1.29 is 0 Å². The molecule has 0 spiro atoms. The number of rotatable bonds is 6. The molecule has 0 radical (unpaired) electrons. The van der Waals surface area contributed by atoms with Crippen molar-refractivity contribution in [2.24, 2.45) is 5.41 Å². The molecule has 0 saturated carbocycles. The molecule has 0 aromatic rings. The Morgan fingerprint density at radius 3 is 2.08 bits per heavy atom. The van der Waals surface area contributed by atoms with Gasteiger partial charge in [0.2, 0.25) is 0 Å². The average molecular weight is 168 g/mol. The van der Waals surface area contributed by atoms with Crippen molar-refractivity contribution in [1.82, 2.24) is 5.32 Å². The molecule has 0 heterocycles. The molecule has 70 valence electrons. The van der Waals surface area contributed by atoms with Gasteiger partial charge >= 0.3 is 0 Å². The van der Waals surface area contributed by atoms with Gasteiger partial charge in [0.05, 0.1) is 0 Å². The fraction of sp³-hybridized carbons (Fsp3) is 0.900. The molecule has 0 saturated heterocycles. The van der Waals surface area contributed by atoms with Gasteiger partial charge in [-0.3, -0.25) is 0 Å². The summed E-state index contributed by atoms with van der Waals surface area (Å²) in [6, 6.07) is 0. The fourth-order valence-electron chi connectivity index (χ4n) is 1.76. The third kappa shape index (κ3) is 4.23. The van der Waals surface area contributed by atoms with E-state index in [9.17, 15) is 0 Å². The topological polar surface area (TPSA) is 35.8 Å². The second kappa shape index (κ2) is 5.88. The lowest BCUT2D eigenvalue weighted by Gasteiger charge is -2.27. The van der Waals surface area contributed by atoms with Gasteiger partial charge in [0, 0.05) is 6.54 Å². The van der Waals surface area contributed by atoms with Crippen LogP contribution in [0.2, 0.25) is 0 Å². The average Bonchev–Trinajstić information content (AvgIpc) is 2.02. The standard InChI is InChI=1S/C10H20N2/c1-4-6-10(3,7-5-2)8-12-9-11/h12H,4-8H2,1-3H3. The maximum Gasteiger partial charge on any atom is 0.176 e. The molecule has 0 fully saturated rings. The number of nitrogens with zero attached hydrogens (tertiary/aromatic N) is 1. The minimum atomic E-state index is 0.319. The molecule has 0 unspecified atom stereocenters. The first-order chi connectivity index (χ1) is 5.68. The Morgan fingerprint density at radius 1 is 1.25 bits per heavy atom. The van der Waals surface area contributed by atoms with Gasteiger partial charge in [0.15, 0.2) is 6.19 Å². The highest BCUT2D eigenvalue weighted by atomic mass is 14.9.